The quantitative estimate of drug-likeness (QED) is 0.905. The van der Waals surface area contributed by atoms with Gasteiger partial charge in [-0.15, -0.1) is 0 Å². The number of aromatic amines is 1. The van der Waals surface area contributed by atoms with Crippen molar-refractivity contribution in [1.82, 2.24) is 14.5 Å². The van der Waals surface area contributed by atoms with E-state index in [1.807, 2.05) is 24.3 Å². The van der Waals surface area contributed by atoms with Gasteiger partial charge in [0.25, 0.3) is 0 Å². The van der Waals surface area contributed by atoms with Gasteiger partial charge in [-0.05, 0) is 26.0 Å². The number of H-pyrrole nitrogens is 1. The van der Waals surface area contributed by atoms with Crippen molar-refractivity contribution in [2.75, 3.05) is 38.2 Å². The molecular formula is C16H22N4O3S. The Kier molecular flexibility index (Phi) is 4.51. The number of benzene rings is 1. The van der Waals surface area contributed by atoms with Crippen molar-refractivity contribution < 1.29 is 13.2 Å². The van der Waals surface area contributed by atoms with E-state index in [4.69, 9.17) is 4.74 Å². The zero-order valence-electron chi connectivity index (χ0n) is 14.1. The second-order valence-corrected chi connectivity index (χ2v) is 7.70. The maximum Gasteiger partial charge on any atom is 0.246 e. The minimum atomic E-state index is -3.52. The average Bonchev–Trinajstić information content (AvgIpc) is 2.94. The number of aryl methyl sites for hydroxylation is 2. The molecule has 130 valence electrons. The summed E-state index contributed by atoms with van der Waals surface area (Å²) < 4.78 is 32.7. The summed E-state index contributed by atoms with van der Waals surface area (Å²) in [5.41, 5.74) is 2.09. The van der Waals surface area contributed by atoms with Gasteiger partial charge in [0.05, 0.1) is 24.2 Å². The second kappa shape index (κ2) is 6.45. The highest BCUT2D eigenvalue weighted by Gasteiger charge is 2.32. The van der Waals surface area contributed by atoms with E-state index in [1.165, 1.54) is 4.31 Å². The second-order valence-electron chi connectivity index (χ2n) is 5.83. The third kappa shape index (κ3) is 2.87. The first-order valence-corrected chi connectivity index (χ1v) is 9.29. The van der Waals surface area contributed by atoms with Crippen molar-refractivity contribution >= 4 is 15.7 Å². The minimum absolute atomic E-state index is 0.299. The van der Waals surface area contributed by atoms with Crippen molar-refractivity contribution in [1.29, 1.82) is 0 Å². The number of nitrogens with one attached hydrogen (secondary N) is 1. The molecule has 1 aromatic heterocycles. The Balaban J connectivity index is 1.78. The van der Waals surface area contributed by atoms with Gasteiger partial charge in [0.1, 0.15) is 10.6 Å². The fourth-order valence-corrected chi connectivity index (χ4v) is 4.86. The molecular weight excluding hydrogens is 328 g/mol. The summed E-state index contributed by atoms with van der Waals surface area (Å²) in [6, 6.07) is 7.79. The highest BCUT2D eigenvalue weighted by molar-refractivity contribution is 7.89. The molecule has 0 aliphatic carbocycles. The zero-order chi connectivity index (χ0) is 17.3. The van der Waals surface area contributed by atoms with Crippen molar-refractivity contribution in [2.45, 2.75) is 18.7 Å². The Morgan fingerprint density at radius 2 is 1.79 bits per heavy atom. The molecule has 2 heterocycles. The summed E-state index contributed by atoms with van der Waals surface area (Å²) >= 11 is 0. The number of sulfonamides is 1. The number of ether oxygens (including phenoxy) is 1. The van der Waals surface area contributed by atoms with Gasteiger partial charge in [0, 0.05) is 26.2 Å². The van der Waals surface area contributed by atoms with Crippen LogP contribution in [0.2, 0.25) is 0 Å². The maximum absolute atomic E-state index is 12.9. The van der Waals surface area contributed by atoms with Crippen LogP contribution in [0.5, 0.6) is 5.75 Å². The Bertz CT molecular complexity index is 804. The van der Waals surface area contributed by atoms with Gasteiger partial charge in [-0.25, -0.2) is 8.42 Å². The first-order chi connectivity index (χ1) is 11.4. The molecule has 0 radical (unpaired) electrons. The molecule has 1 fully saturated rings. The van der Waals surface area contributed by atoms with Gasteiger partial charge < -0.3 is 9.64 Å². The number of methoxy groups -OCH3 is 1. The molecule has 3 rings (SSSR count). The molecule has 0 bridgehead atoms. The largest absolute Gasteiger partial charge is 0.495 e. The lowest BCUT2D eigenvalue weighted by atomic mass is 10.2. The Hall–Kier alpha value is -2.06. The molecule has 0 unspecified atom stereocenters. The van der Waals surface area contributed by atoms with Crippen LogP contribution in [-0.2, 0) is 10.0 Å². The van der Waals surface area contributed by atoms with Crippen LogP contribution in [0.25, 0.3) is 0 Å². The Morgan fingerprint density at radius 1 is 1.12 bits per heavy atom. The number of para-hydroxylation sites is 2. The first kappa shape index (κ1) is 16.8. The number of piperazine rings is 1. The van der Waals surface area contributed by atoms with Crippen molar-refractivity contribution in [3.8, 4) is 5.75 Å². The molecule has 0 atom stereocenters. The normalized spacial score (nSPS) is 16.4. The molecule has 1 aromatic carbocycles. The zero-order valence-corrected chi connectivity index (χ0v) is 14.9. The number of nitrogens with zero attached hydrogens (tertiary/aromatic N) is 3. The molecule has 1 N–H and O–H groups in total. The lowest BCUT2D eigenvalue weighted by Crippen LogP contribution is -2.48. The van der Waals surface area contributed by atoms with E-state index >= 15 is 0 Å². The van der Waals surface area contributed by atoms with Crippen LogP contribution in [-0.4, -0.2) is 56.2 Å². The van der Waals surface area contributed by atoms with E-state index in [0.717, 1.165) is 11.4 Å². The highest BCUT2D eigenvalue weighted by atomic mass is 32.2. The molecule has 24 heavy (non-hydrogen) atoms. The Labute approximate surface area is 142 Å². The number of aromatic nitrogens is 2. The predicted molar refractivity (Wildman–Crippen MR) is 92.0 cm³/mol. The lowest BCUT2D eigenvalue weighted by molar-refractivity contribution is 0.378. The number of anilines is 1. The molecule has 0 amide bonds. The van der Waals surface area contributed by atoms with Crippen molar-refractivity contribution in [3.05, 3.63) is 35.7 Å². The molecule has 1 aliphatic rings. The summed E-state index contributed by atoms with van der Waals surface area (Å²) in [5.74, 6) is 0.801. The van der Waals surface area contributed by atoms with Gasteiger partial charge in [-0.2, -0.15) is 9.40 Å². The smallest absolute Gasteiger partial charge is 0.246 e. The SMILES string of the molecule is COc1ccccc1N1CCN(S(=O)(=O)c2c(C)n[nH]c2C)CC1. The molecule has 0 spiro atoms. The fraction of sp³-hybridized carbons (Fsp3) is 0.438. The van der Waals surface area contributed by atoms with Crippen LogP contribution >= 0.6 is 0 Å². The van der Waals surface area contributed by atoms with E-state index in [9.17, 15) is 8.42 Å². The molecule has 1 aliphatic heterocycles. The van der Waals surface area contributed by atoms with E-state index in [-0.39, 0.29) is 0 Å². The third-order valence-electron chi connectivity index (χ3n) is 4.32. The Morgan fingerprint density at radius 3 is 2.38 bits per heavy atom. The summed E-state index contributed by atoms with van der Waals surface area (Å²) in [4.78, 5) is 2.45. The van der Waals surface area contributed by atoms with Crippen LogP contribution in [0.15, 0.2) is 29.2 Å². The standard InChI is InChI=1S/C16H22N4O3S/c1-12-16(13(2)18-17-12)24(21,22)20-10-8-19(9-11-20)14-6-4-5-7-15(14)23-3/h4-7H,8-11H2,1-3H3,(H,17,18). The highest BCUT2D eigenvalue weighted by Crippen LogP contribution is 2.30. The van der Waals surface area contributed by atoms with Gasteiger partial charge in [0.15, 0.2) is 0 Å². The van der Waals surface area contributed by atoms with Crippen LogP contribution in [0.4, 0.5) is 5.69 Å². The molecule has 1 saturated heterocycles. The van der Waals surface area contributed by atoms with Crippen LogP contribution in [0, 0.1) is 13.8 Å². The molecule has 8 heteroatoms. The minimum Gasteiger partial charge on any atom is -0.495 e. The van der Waals surface area contributed by atoms with E-state index in [1.54, 1.807) is 21.0 Å². The van der Waals surface area contributed by atoms with Crippen LogP contribution in [0.1, 0.15) is 11.4 Å². The summed E-state index contributed by atoms with van der Waals surface area (Å²) in [6.45, 7) is 5.55. The molecule has 2 aromatic rings. The number of hydrogen-bond acceptors (Lipinski definition) is 5. The van der Waals surface area contributed by atoms with E-state index in [0.29, 0.717) is 42.5 Å². The summed E-state index contributed by atoms with van der Waals surface area (Å²) in [6.07, 6.45) is 0. The monoisotopic (exact) mass is 350 g/mol. The van der Waals surface area contributed by atoms with Gasteiger partial charge >= 0.3 is 0 Å². The topological polar surface area (TPSA) is 78.5 Å². The van der Waals surface area contributed by atoms with Gasteiger partial charge in [-0.1, -0.05) is 12.1 Å². The predicted octanol–water partition coefficient (Wildman–Crippen LogP) is 1.55. The van der Waals surface area contributed by atoms with Crippen molar-refractivity contribution in [2.24, 2.45) is 0 Å². The maximum atomic E-state index is 12.9. The summed E-state index contributed by atoms with van der Waals surface area (Å²) in [5, 5.41) is 6.75. The van der Waals surface area contributed by atoms with Crippen LogP contribution < -0.4 is 9.64 Å². The van der Waals surface area contributed by atoms with Gasteiger partial charge in [-0.3, -0.25) is 5.10 Å². The molecule has 7 nitrogen and oxygen atoms in total. The van der Waals surface area contributed by atoms with E-state index < -0.39 is 10.0 Å². The van der Waals surface area contributed by atoms with Gasteiger partial charge in [0.2, 0.25) is 10.0 Å². The average molecular weight is 350 g/mol. The summed E-state index contributed by atoms with van der Waals surface area (Å²) in [7, 11) is -1.88. The number of hydrogen-bond donors (Lipinski definition) is 1. The fourth-order valence-electron chi connectivity index (χ4n) is 3.11. The number of rotatable bonds is 4. The van der Waals surface area contributed by atoms with Crippen molar-refractivity contribution in [3.63, 3.8) is 0 Å². The van der Waals surface area contributed by atoms with Crippen LogP contribution in [0.3, 0.4) is 0 Å². The lowest BCUT2D eigenvalue weighted by Gasteiger charge is -2.35. The third-order valence-corrected chi connectivity index (χ3v) is 6.49. The molecule has 0 saturated carbocycles. The van der Waals surface area contributed by atoms with E-state index in [2.05, 4.69) is 15.1 Å². The first-order valence-electron chi connectivity index (χ1n) is 7.85.